The number of amides is 3. The van der Waals surface area contributed by atoms with Gasteiger partial charge in [0, 0.05) is 30.1 Å². The minimum Gasteiger partial charge on any atom is -0.455 e. The maximum atomic E-state index is 14.1. The lowest BCUT2D eigenvalue weighted by Gasteiger charge is -2.20. The summed E-state index contributed by atoms with van der Waals surface area (Å²) in [7, 11) is 0. The summed E-state index contributed by atoms with van der Waals surface area (Å²) < 4.78 is 79.3. The predicted octanol–water partition coefficient (Wildman–Crippen LogP) is 6.34. The van der Waals surface area contributed by atoms with Crippen molar-refractivity contribution in [2.45, 2.75) is 64.8 Å². The molecule has 10 nitrogen and oxygen atoms in total. The Labute approximate surface area is 232 Å². The maximum absolute atomic E-state index is 14.1. The minimum atomic E-state index is -5.01. The number of furan rings is 1. The number of unbranched alkanes of at least 4 members (excludes halogenated alkanes) is 2. The number of urea groups is 1. The van der Waals surface area contributed by atoms with Crippen LogP contribution in [0, 0.1) is 18.6 Å². The first-order valence-electron chi connectivity index (χ1n) is 12.7. The fourth-order valence-corrected chi connectivity index (χ4v) is 3.75. The van der Waals surface area contributed by atoms with Gasteiger partial charge in [0.1, 0.15) is 17.2 Å². The third-order valence-corrected chi connectivity index (χ3v) is 5.57. The molecule has 0 bridgehead atoms. The third-order valence-electron chi connectivity index (χ3n) is 5.57. The number of aromatic nitrogens is 2. The summed E-state index contributed by atoms with van der Waals surface area (Å²) in [5.41, 5.74) is -1.27. The van der Waals surface area contributed by atoms with Crippen LogP contribution in [0.1, 0.15) is 57.4 Å². The molecule has 1 atom stereocenters. The van der Waals surface area contributed by atoms with Crippen molar-refractivity contribution in [3.63, 3.8) is 0 Å². The van der Waals surface area contributed by atoms with Gasteiger partial charge in [0.25, 0.3) is 0 Å². The Morgan fingerprint density at radius 3 is 2.32 bits per heavy atom. The number of aryl methyl sites for hydroxylation is 1. The number of fused-ring (bicyclic) bond motifs is 1. The van der Waals surface area contributed by atoms with Crippen molar-refractivity contribution in [3.8, 4) is 0 Å². The van der Waals surface area contributed by atoms with E-state index in [-0.39, 0.29) is 22.6 Å². The number of rotatable bonds is 10. The number of nitrogens with one attached hydrogen (secondary N) is 4. The number of carbonyl (C=O) groups is 2. The summed E-state index contributed by atoms with van der Waals surface area (Å²) in [5, 5.41) is 9.43. The first kappa shape index (κ1) is 31.4. The highest BCUT2D eigenvalue weighted by Crippen LogP contribution is 2.39. The van der Waals surface area contributed by atoms with Gasteiger partial charge < -0.3 is 30.4 Å². The van der Waals surface area contributed by atoms with Crippen LogP contribution < -0.4 is 21.3 Å². The van der Waals surface area contributed by atoms with Crippen molar-refractivity contribution in [1.82, 2.24) is 20.6 Å². The number of benzene rings is 1. The normalized spacial score (nSPS) is 12.6. The van der Waals surface area contributed by atoms with E-state index in [2.05, 4.69) is 25.9 Å². The average Bonchev–Trinajstić information content (AvgIpc) is 3.17. The summed E-state index contributed by atoms with van der Waals surface area (Å²) in [6.07, 6.45) is -0.802. The van der Waals surface area contributed by atoms with Gasteiger partial charge in [-0.15, -0.1) is 0 Å². The summed E-state index contributed by atoms with van der Waals surface area (Å²) in [6.45, 7) is 7.53. The molecule has 41 heavy (non-hydrogen) atoms. The van der Waals surface area contributed by atoms with Gasteiger partial charge in [-0.3, -0.25) is 0 Å². The summed E-state index contributed by atoms with van der Waals surface area (Å²) in [5.74, 6) is -2.68. The van der Waals surface area contributed by atoms with Crippen molar-refractivity contribution in [2.75, 3.05) is 23.7 Å². The summed E-state index contributed by atoms with van der Waals surface area (Å²) in [6, 6.07) is -2.55. The number of anilines is 2. The van der Waals surface area contributed by atoms with E-state index in [0.717, 1.165) is 25.3 Å². The van der Waals surface area contributed by atoms with Crippen LogP contribution in [-0.2, 0) is 4.74 Å². The first-order chi connectivity index (χ1) is 19.1. The highest BCUT2D eigenvalue weighted by Gasteiger charge is 2.45. The van der Waals surface area contributed by atoms with Gasteiger partial charge in [0.2, 0.25) is 5.95 Å². The van der Waals surface area contributed by atoms with Crippen LogP contribution in [0.15, 0.2) is 28.9 Å². The van der Waals surface area contributed by atoms with Crippen molar-refractivity contribution >= 4 is 34.7 Å². The summed E-state index contributed by atoms with van der Waals surface area (Å²) in [4.78, 5) is 32.0. The smallest absolute Gasteiger partial charge is 0.416 e. The molecule has 0 radical (unpaired) electrons. The Morgan fingerprint density at radius 2 is 1.68 bits per heavy atom. The van der Waals surface area contributed by atoms with Gasteiger partial charge in [0.15, 0.2) is 17.4 Å². The zero-order valence-electron chi connectivity index (χ0n) is 22.8. The van der Waals surface area contributed by atoms with E-state index in [9.17, 15) is 31.5 Å². The topological polar surface area (TPSA) is 130 Å². The molecule has 0 saturated heterocycles. The molecule has 2 aromatic heterocycles. The average molecular weight is 587 g/mol. The molecule has 0 saturated carbocycles. The lowest BCUT2D eigenvalue weighted by molar-refractivity contribution is -0.158. The highest BCUT2D eigenvalue weighted by atomic mass is 19.4. The molecule has 0 spiro atoms. The van der Waals surface area contributed by atoms with Gasteiger partial charge in [-0.25, -0.2) is 28.3 Å². The SMILES string of the molecule is Cc1c([C@@H](NC(=O)Nc2cnc(NCCCCCNC(=O)OC(C)(C)C)nc2)C(F)(F)F)oc2c(F)cc(F)cc12. The van der Waals surface area contributed by atoms with E-state index in [0.29, 0.717) is 19.2 Å². The zero-order valence-corrected chi connectivity index (χ0v) is 22.8. The molecule has 224 valence electrons. The van der Waals surface area contributed by atoms with Gasteiger partial charge in [-0.1, -0.05) is 0 Å². The molecule has 15 heteroatoms. The summed E-state index contributed by atoms with van der Waals surface area (Å²) >= 11 is 0. The van der Waals surface area contributed by atoms with E-state index < -0.39 is 52.9 Å². The number of carbonyl (C=O) groups excluding carboxylic acids is 2. The third kappa shape index (κ3) is 9.18. The fourth-order valence-electron chi connectivity index (χ4n) is 3.75. The molecular formula is C26H31F5N6O4. The lowest BCUT2D eigenvalue weighted by atomic mass is 10.1. The van der Waals surface area contributed by atoms with E-state index >= 15 is 0 Å². The monoisotopic (exact) mass is 586 g/mol. The first-order valence-corrected chi connectivity index (χ1v) is 12.7. The molecule has 0 unspecified atom stereocenters. The van der Waals surface area contributed by atoms with Crippen LogP contribution in [0.4, 0.5) is 43.2 Å². The van der Waals surface area contributed by atoms with E-state index in [1.807, 2.05) is 0 Å². The molecule has 3 aromatic rings. The second kappa shape index (κ2) is 13.0. The highest BCUT2D eigenvalue weighted by molar-refractivity contribution is 5.89. The maximum Gasteiger partial charge on any atom is 0.416 e. The molecule has 2 heterocycles. The minimum absolute atomic E-state index is 0.0108. The quantitative estimate of drug-likeness (QED) is 0.161. The zero-order chi connectivity index (χ0) is 30.4. The Kier molecular flexibility index (Phi) is 9.94. The van der Waals surface area contributed by atoms with Gasteiger partial charge in [-0.2, -0.15) is 13.2 Å². The molecule has 0 aliphatic rings. The number of hydrogen-bond acceptors (Lipinski definition) is 7. The molecule has 0 fully saturated rings. The predicted molar refractivity (Wildman–Crippen MR) is 140 cm³/mol. The Bertz CT molecular complexity index is 1360. The lowest BCUT2D eigenvalue weighted by Crippen LogP contribution is -2.40. The molecular weight excluding hydrogens is 555 g/mol. The Balaban J connectivity index is 1.49. The van der Waals surface area contributed by atoms with Gasteiger partial charge in [0.05, 0.1) is 18.1 Å². The second-order valence-corrected chi connectivity index (χ2v) is 10.1. The molecule has 1 aromatic carbocycles. The van der Waals surface area contributed by atoms with Crippen molar-refractivity contribution in [1.29, 1.82) is 0 Å². The van der Waals surface area contributed by atoms with Crippen LogP contribution in [0.2, 0.25) is 0 Å². The van der Waals surface area contributed by atoms with E-state index in [4.69, 9.17) is 9.15 Å². The van der Waals surface area contributed by atoms with E-state index in [1.54, 1.807) is 26.1 Å². The number of nitrogens with zero attached hydrogens (tertiary/aromatic N) is 2. The van der Waals surface area contributed by atoms with Crippen molar-refractivity contribution in [3.05, 3.63) is 47.5 Å². The van der Waals surface area contributed by atoms with Crippen molar-refractivity contribution in [2.24, 2.45) is 0 Å². The number of hydrogen-bond donors (Lipinski definition) is 4. The fraction of sp³-hybridized carbons (Fsp3) is 0.462. The van der Waals surface area contributed by atoms with Crippen LogP contribution in [0.3, 0.4) is 0 Å². The second-order valence-electron chi connectivity index (χ2n) is 10.1. The van der Waals surface area contributed by atoms with E-state index in [1.165, 1.54) is 19.3 Å². The number of ether oxygens (including phenoxy) is 1. The Morgan fingerprint density at radius 1 is 1.02 bits per heavy atom. The molecule has 0 aliphatic heterocycles. The number of alkyl halides is 3. The van der Waals surface area contributed by atoms with Gasteiger partial charge in [-0.05, 0) is 53.0 Å². The molecule has 0 aliphatic carbocycles. The largest absolute Gasteiger partial charge is 0.455 e. The van der Waals surface area contributed by atoms with Crippen LogP contribution >= 0.6 is 0 Å². The Hall–Kier alpha value is -4.17. The van der Waals surface area contributed by atoms with Crippen LogP contribution in [0.25, 0.3) is 11.0 Å². The van der Waals surface area contributed by atoms with Gasteiger partial charge >= 0.3 is 18.3 Å². The number of alkyl carbamates (subject to hydrolysis) is 1. The standard InChI is InChI=1S/C26H31F5N6O4/c1-14-17-10-15(27)11-18(28)20(17)40-19(14)21(26(29,30)31)37-23(38)36-16-12-34-22(35-13-16)32-8-6-5-7-9-33-24(39)41-25(2,3)4/h10-13,21H,5-9H2,1-4H3,(H,33,39)(H,32,34,35)(H2,36,37,38)/t21-/m1/s1. The van der Waals surface area contributed by atoms with Crippen LogP contribution in [0.5, 0.6) is 0 Å². The van der Waals surface area contributed by atoms with Crippen LogP contribution in [-0.4, -0.2) is 47.0 Å². The van der Waals surface area contributed by atoms with Crippen molar-refractivity contribution < 1.29 is 40.7 Å². The molecule has 3 amide bonds. The molecule has 4 N–H and O–H groups in total. The molecule has 3 rings (SSSR count). The number of halogens is 5.